The number of nitriles is 1. The van der Waals surface area contributed by atoms with Crippen molar-refractivity contribution in [2.24, 2.45) is 0 Å². The van der Waals surface area contributed by atoms with Gasteiger partial charge in [-0.15, -0.1) is 0 Å². The van der Waals surface area contributed by atoms with Gasteiger partial charge in [0, 0.05) is 10.2 Å². The summed E-state index contributed by atoms with van der Waals surface area (Å²) in [5, 5.41) is 12.0. The van der Waals surface area contributed by atoms with E-state index in [-0.39, 0.29) is 5.57 Å². The summed E-state index contributed by atoms with van der Waals surface area (Å²) in [5.74, 6) is -0.408. The largest absolute Gasteiger partial charge is 0.321 e. The maximum Gasteiger partial charge on any atom is 0.266 e. The number of hydrogen-bond donors (Lipinski definition) is 1. The standard InChI is InChI=1S/C20H19BrN2O/c1-2-3-6-15-9-11-18(12-10-15)23-20(24)17(14-22)13-16-7-4-5-8-19(16)21/h4-5,7-13H,2-3,6H2,1H3,(H,23,24)/b17-13+. The molecule has 24 heavy (non-hydrogen) atoms. The van der Waals surface area contributed by atoms with Crippen molar-refractivity contribution < 1.29 is 4.79 Å². The molecular formula is C20H19BrN2O. The first-order valence-corrected chi connectivity index (χ1v) is 8.70. The van der Waals surface area contributed by atoms with Crippen LogP contribution in [0.15, 0.2) is 58.6 Å². The predicted molar refractivity (Wildman–Crippen MR) is 101 cm³/mol. The summed E-state index contributed by atoms with van der Waals surface area (Å²) in [6.07, 6.45) is 4.92. The molecule has 1 amide bonds. The number of unbranched alkanes of at least 4 members (excludes halogenated alkanes) is 1. The van der Waals surface area contributed by atoms with Crippen LogP contribution in [0, 0.1) is 11.3 Å². The lowest BCUT2D eigenvalue weighted by Gasteiger charge is -2.06. The number of amides is 1. The van der Waals surface area contributed by atoms with E-state index in [9.17, 15) is 10.1 Å². The zero-order chi connectivity index (χ0) is 17.4. The van der Waals surface area contributed by atoms with Crippen molar-refractivity contribution in [1.29, 1.82) is 5.26 Å². The highest BCUT2D eigenvalue weighted by molar-refractivity contribution is 9.10. The summed E-state index contributed by atoms with van der Waals surface area (Å²) in [6, 6.07) is 17.2. The van der Waals surface area contributed by atoms with Gasteiger partial charge in [-0.2, -0.15) is 5.26 Å². The van der Waals surface area contributed by atoms with Crippen LogP contribution in [-0.4, -0.2) is 5.91 Å². The number of nitrogens with one attached hydrogen (secondary N) is 1. The van der Waals surface area contributed by atoms with Crippen LogP contribution in [0.4, 0.5) is 5.69 Å². The predicted octanol–water partition coefficient (Wildman–Crippen LogP) is 5.34. The molecule has 0 aliphatic heterocycles. The Morgan fingerprint density at radius 3 is 2.54 bits per heavy atom. The monoisotopic (exact) mass is 382 g/mol. The van der Waals surface area contributed by atoms with E-state index in [1.54, 1.807) is 6.08 Å². The topological polar surface area (TPSA) is 52.9 Å². The van der Waals surface area contributed by atoms with Crippen LogP contribution in [0.3, 0.4) is 0 Å². The van der Waals surface area contributed by atoms with Crippen LogP contribution in [0.2, 0.25) is 0 Å². The molecule has 0 saturated heterocycles. The van der Waals surface area contributed by atoms with Gasteiger partial charge in [-0.1, -0.05) is 59.6 Å². The molecular weight excluding hydrogens is 364 g/mol. The Balaban J connectivity index is 2.10. The van der Waals surface area contributed by atoms with Gasteiger partial charge in [-0.3, -0.25) is 4.79 Å². The lowest BCUT2D eigenvalue weighted by atomic mass is 10.1. The molecule has 0 atom stereocenters. The minimum Gasteiger partial charge on any atom is -0.321 e. The van der Waals surface area contributed by atoms with Crippen LogP contribution < -0.4 is 5.32 Å². The first-order chi connectivity index (χ1) is 11.6. The van der Waals surface area contributed by atoms with Gasteiger partial charge in [0.25, 0.3) is 5.91 Å². The van der Waals surface area contributed by atoms with Crippen LogP contribution >= 0.6 is 15.9 Å². The molecule has 1 N–H and O–H groups in total. The van der Waals surface area contributed by atoms with Gasteiger partial charge in [0.05, 0.1) is 0 Å². The van der Waals surface area contributed by atoms with Crippen LogP contribution in [0.5, 0.6) is 0 Å². The maximum absolute atomic E-state index is 12.3. The number of nitrogens with zero attached hydrogens (tertiary/aromatic N) is 1. The average Bonchev–Trinajstić information content (AvgIpc) is 2.60. The summed E-state index contributed by atoms with van der Waals surface area (Å²) in [7, 11) is 0. The van der Waals surface area contributed by atoms with Gasteiger partial charge in [-0.25, -0.2) is 0 Å². The molecule has 0 aliphatic carbocycles. The summed E-state index contributed by atoms with van der Waals surface area (Å²) >= 11 is 3.41. The molecule has 0 spiro atoms. The SMILES string of the molecule is CCCCc1ccc(NC(=O)/C(C#N)=C/c2ccccc2Br)cc1. The van der Waals surface area contributed by atoms with Crippen molar-refractivity contribution in [1.82, 2.24) is 0 Å². The lowest BCUT2D eigenvalue weighted by Crippen LogP contribution is -2.13. The zero-order valence-corrected chi connectivity index (χ0v) is 15.1. The van der Waals surface area contributed by atoms with Crippen LogP contribution in [0.25, 0.3) is 6.08 Å². The number of rotatable bonds is 6. The molecule has 0 saturated carbocycles. The molecule has 0 radical (unpaired) electrons. The van der Waals surface area contributed by atoms with Crippen LogP contribution in [0.1, 0.15) is 30.9 Å². The van der Waals surface area contributed by atoms with Crippen molar-refractivity contribution in [3.8, 4) is 6.07 Å². The number of carbonyl (C=O) groups is 1. The van der Waals surface area contributed by atoms with Gasteiger partial charge >= 0.3 is 0 Å². The second-order valence-electron chi connectivity index (χ2n) is 5.45. The Labute approximate surface area is 151 Å². The highest BCUT2D eigenvalue weighted by Crippen LogP contribution is 2.19. The first kappa shape index (κ1) is 18.0. The second-order valence-corrected chi connectivity index (χ2v) is 6.30. The van der Waals surface area contributed by atoms with E-state index in [1.807, 2.05) is 54.6 Å². The second kappa shape index (κ2) is 9.05. The van der Waals surface area contributed by atoms with E-state index in [2.05, 4.69) is 28.2 Å². The number of anilines is 1. The zero-order valence-electron chi connectivity index (χ0n) is 13.6. The molecule has 0 heterocycles. The number of hydrogen-bond acceptors (Lipinski definition) is 2. The van der Waals surface area contributed by atoms with E-state index in [4.69, 9.17) is 0 Å². The fraction of sp³-hybridized carbons (Fsp3) is 0.200. The number of halogens is 1. The van der Waals surface area contributed by atoms with E-state index >= 15 is 0 Å². The minimum atomic E-state index is -0.408. The van der Waals surface area contributed by atoms with E-state index in [0.717, 1.165) is 29.3 Å². The normalized spacial score (nSPS) is 11.0. The lowest BCUT2D eigenvalue weighted by molar-refractivity contribution is -0.112. The number of benzene rings is 2. The average molecular weight is 383 g/mol. The minimum absolute atomic E-state index is 0.0666. The quantitative estimate of drug-likeness (QED) is 0.541. The Morgan fingerprint density at radius 1 is 1.21 bits per heavy atom. The highest BCUT2D eigenvalue weighted by atomic mass is 79.9. The molecule has 4 heteroatoms. The molecule has 0 aromatic heterocycles. The summed E-state index contributed by atoms with van der Waals surface area (Å²) in [4.78, 5) is 12.3. The summed E-state index contributed by atoms with van der Waals surface area (Å²) < 4.78 is 0.839. The third-order valence-electron chi connectivity index (χ3n) is 3.60. The fourth-order valence-electron chi connectivity index (χ4n) is 2.23. The Kier molecular flexibility index (Phi) is 6.77. The maximum atomic E-state index is 12.3. The molecule has 0 bridgehead atoms. The Bertz CT molecular complexity index is 773. The van der Waals surface area contributed by atoms with Gasteiger partial charge in [0.2, 0.25) is 0 Å². The van der Waals surface area contributed by atoms with E-state index in [0.29, 0.717) is 5.69 Å². The third-order valence-corrected chi connectivity index (χ3v) is 4.32. The van der Waals surface area contributed by atoms with Gasteiger partial charge in [0.15, 0.2) is 0 Å². The molecule has 2 rings (SSSR count). The molecule has 2 aromatic carbocycles. The molecule has 0 fully saturated rings. The molecule has 0 aliphatic rings. The number of carbonyl (C=O) groups excluding carboxylic acids is 1. The number of aryl methyl sites for hydroxylation is 1. The van der Waals surface area contributed by atoms with E-state index in [1.165, 1.54) is 5.56 Å². The molecule has 2 aromatic rings. The molecule has 3 nitrogen and oxygen atoms in total. The highest BCUT2D eigenvalue weighted by Gasteiger charge is 2.10. The summed E-state index contributed by atoms with van der Waals surface area (Å²) in [6.45, 7) is 2.16. The fourth-order valence-corrected chi connectivity index (χ4v) is 2.63. The van der Waals surface area contributed by atoms with Gasteiger partial charge in [0.1, 0.15) is 11.6 Å². The Morgan fingerprint density at radius 2 is 1.92 bits per heavy atom. The van der Waals surface area contributed by atoms with Gasteiger partial charge < -0.3 is 5.32 Å². The smallest absolute Gasteiger partial charge is 0.266 e. The van der Waals surface area contributed by atoms with Gasteiger partial charge in [-0.05, 0) is 48.2 Å². The van der Waals surface area contributed by atoms with Crippen molar-refractivity contribution >= 4 is 33.6 Å². The van der Waals surface area contributed by atoms with Crippen molar-refractivity contribution in [3.63, 3.8) is 0 Å². The Hall–Kier alpha value is -2.38. The van der Waals surface area contributed by atoms with Crippen molar-refractivity contribution in [2.45, 2.75) is 26.2 Å². The first-order valence-electron chi connectivity index (χ1n) is 7.90. The molecule has 0 unspecified atom stereocenters. The van der Waals surface area contributed by atoms with Crippen molar-refractivity contribution in [2.75, 3.05) is 5.32 Å². The summed E-state index contributed by atoms with van der Waals surface area (Å²) in [5.41, 5.74) is 2.80. The third kappa shape index (κ3) is 5.07. The molecule has 122 valence electrons. The van der Waals surface area contributed by atoms with E-state index < -0.39 is 5.91 Å². The van der Waals surface area contributed by atoms with Crippen LogP contribution in [-0.2, 0) is 11.2 Å². The van der Waals surface area contributed by atoms with Crippen molar-refractivity contribution in [3.05, 3.63) is 69.7 Å².